The minimum absolute atomic E-state index is 0.187. The van der Waals surface area contributed by atoms with Gasteiger partial charge in [-0.3, -0.25) is 9.48 Å². The Hall–Kier alpha value is -4.32. The van der Waals surface area contributed by atoms with E-state index in [1.807, 2.05) is 7.05 Å². The molecule has 1 unspecified atom stereocenters. The van der Waals surface area contributed by atoms with E-state index in [9.17, 15) is 9.90 Å². The van der Waals surface area contributed by atoms with E-state index in [0.717, 1.165) is 0 Å². The molecule has 0 aliphatic heterocycles. The first-order chi connectivity index (χ1) is 16.9. The third-order valence-corrected chi connectivity index (χ3v) is 5.54. The van der Waals surface area contributed by atoms with Gasteiger partial charge in [0.05, 0.1) is 28.6 Å². The van der Waals surface area contributed by atoms with Gasteiger partial charge < -0.3 is 9.67 Å². The van der Waals surface area contributed by atoms with Gasteiger partial charge >= 0.3 is 0 Å². The molecule has 0 amide bonds. The number of aryl methyl sites for hydroxylation is 2. The number of hydrogen-bond donors (Lipinski definition) is 1. The standard InChI is InChI=1S/C23H16ClN3O2.C3H5N3/c1-3-16-5-4-6-18(25-16)17-13-21(28)27(2)20-12-11-19(26-22(17)20)23(29)14-7-9-15(24)10-8-14;1-6-3-2-4-5-6/h1,4-13,23,29H,2H3;2-3H,1H3. The molecule has 1 N–H and O–H groups in total. The fourth-order valence-electron chi connectivity index (χ4n) is 3.44. The minimum Gasteiger partial charge on any atom is -0.382 e. The molecule has 0 fully saturated rings. The number of fused-ring (bicyclic) bond motifs is 1. The molecule has 1 atom stereocenters. The van der Waals surface area contributed by atoms with Gasteiger partial charge in [0.2, 0.25) is 0 Å². The van der Waals surface area contributed by atoms with Crippen LogP contribution >= 0.6 is 11.6 Å². The molecule has 0 bridgehead atoms. The number of aliphatic hydroxyl groups is 1. The van der Waals surface area contributed by atoms with Gasteiger partial charge in [-0.15, -0.1) is 11.5 Å². The maximum Gasteiger partial charge on any atom is 0.251 e. The molecule has 5 aromatic rings. The summed E-state index contributed by atoms with van der Waals surface area (Å²) in [5, 5.41) is 18.5. The Morgan fingerprint density at radius 1 is 1.06 bits per heavy atom. The third kappa shape index (κ3) is 5.27. The van der Waals surface area contributed by atoms with Crippen molar-refractivity contribution in [2.45, 2.75) is 6.10 Å². The number of hydrogen-bond acceptors (Lipinski definition) is 6. The molecule has 174 valence electrons. The van der Waals surface area contributed by atoms with Gasteiger partial charge in [-0.05, 0) is 42.0 Å². The van der Waals surface area contributed by atoms with Gasteiger partial charge in [0.15, 0.2) is 0 Å². The summed E-state index contributed by atoms with van der Waals surface area (Å²) in [4.78, 5) is 21.6. The summed E-state index contributed by atoms with van der Waals surface area (Å²) >= 11 is 5.94. The van der Waals surface area contributed by atoms with Crippen LogP contribution in [0.25, 0.3) is 22.3 Å². The highest BCUT2D eigenvalue weighted by Crippen LogP contribution is 2.28. The number of nitrogens with zero attached hydrogens (tertiary/aromatic N) is 6. The first-order valence-corrected chi connectivity index (χ1v) is 10.9. The molecule has 0 aliphatic rings. The van der Waals surface area contributed by atoms with Crippen molar-refractivity contribution in [3.8, 4) is 23.6 Å². The van der Waals surface area contributed by atoms with Gasteiger partial charge in [0.1, 0.15) is 11.8 Å². The zero-order chi connectivity index (χ0) is 24.9. The molecule has 5 rings (SSSR count). The molecule has 8 nitrogen and oxygen atoms in total. The number of benzene rings is 1. The van der Waals surface area contributed by atoms with Crippen LogP contribution in [0.4, 0.5) is 0 Å². The lowest BCUT2D eigenvalue weighted by molar-refractivity contribution is 0.216. The lowest BCUT2D eigenvalue weighted by Crippen LogP contribution is -2.17. The molecular formula is C26H21ClN6O2. The largest absolute Gasteiger partial charge is 0.382 e. The summed E-state index contributed by atoms with van der Waals surface area (Å²) in [7, 11) is 3.50. The second-order valence-corrected chi connectivity index (χ2v) is 8.08. The highest BCUT2D eigenvalue weighted by Gasteiger charge is 2.17. The van der Waals surface area contributed by atoms with Crippen molar-refractivity contribution in [3.63, 3.8) is 0 Å². The maximum absolute atomic E-state index is 12.5. The molecule has 0 spiro atoms. The van der Waals surface area contributed by atoms with Crippen LogP contribution in [-0.4, -0.2) is 34.6 Å². The summed E-state index contributed by atoms with van der Waals surface area (Å²) in [6, 6.07) is 17.2. The van der Waals surface area contributed by atoms with Gasteiger partial charge in [-0.1, -0.05) is 40.9 Å². The Kier molecular flexibility index (Phi) is 7.01. The fourth-order valence-corrected chi connectivity index (χ4v) is 3.56. The number of rotatable bonds is 3. The van der Waals surface area contributed by atoms with Crippen molar-refractivity contribution in [1.82, 2.24) is 29.5 Å². The van der Waals surface area contributed by atoms with E-state index in [1.165, 1.54) is 10.6 Å². The average Bonchev–Trinajstić information content (AvgIpc) is 3.37. The summed E-state index contributed by atoms with van der Waals surface area (Å²) in [5.41, 5.74) is 3.70. The van der Waals surface area contributed by atoms with Crippen molar-refractivity contribution < 1.29 is 5.11 Å². The van der Waals surface area contributed by atoms with E-state index in [1.54, 1.807) is 78.7 Å². The highest BCUT2D eigenvalue weighted by molar-refractivity contribution is 6.30. The molecule has 4 heterocycles. The lowest BCUT2D eigenvalue weighted by atomic mass is 10.0. The monoisotopic (exact) mass is 484 g/mol. The topological polar surface area (TPSA) is 98.7 Å². The van der Waals surface area contributed by atoms with Crippen molar-refractivity contribution in [3.05, 3.63) is 105 Å². The van der Waals surface area contributed by atoms with E-state index >= 15 is 0 Å². The van der Waals surface area contributed by atoms with Gasteiger partial charge in [0.25, 0.3) is 5.56 Å². The summed E-state index contributed by atoms with van der Waals surface area (Å²) in [6.07, 6.45) is 7.94. The Bertz CT molecular complexity index is 1570. The van der Waals surface area contributed by atoms with Crippen molar-refractivity contribution in [1.29, 1.82) is 0 Å². The Labute approximate surface area is 206 Å². The van der Waals surface area contributed by atoms with E-state index in [4.69, 9.17) is 18.0 Å². The predicted molar refractivity (Wildman–Crippen MR) is 135 cm³/mol. The summed E-state index contributed by atoms with van der Waals surface area (Å²) in [6.45, 7) is 0. The average molecular weight is 485 g/mol. The van der Waals surface area contributed by atoms with Crippen LogP contribution in [0.2, 0.25) is 5.02 Å². The second kappa shape index (κ2) is 10.3. The summed E-state index contributed by atoms with van der Waals surface area (Å²) < 4.78 is 3.15. The first-order valence-electron chi connectivity index (χ1n) is 10.6. The molecule has 0 aliphatic carbocycles. The maximum atomic E-state index is 12.5. The number of aromatic nitrogens is 6. The molecule has 0 saturated carbocycles. The van der Waals surface area contributed by atoms with Crippen molar-refractivity contribution >= 4 is 22.6 Å². The molecule has 9 heteroatoms. The predicted octanol–water partition coefficient (Wildman–Crippen LogP) is 3.53. The minimum atomic E-state index is -0.938. The Balaban J connectivity index is 0.000000421. The molecule has 0 radical (unpaired) electrons. The van der Waals surface area contributed by atoms with Crippen molar-refractivity contribution in [2.75, 3.05) is 0 Å². The number of pyridine rings is 3. The van der Waals surface area contributed by atoms with Crippen LogP contribution in [0.1, 0.15) is 23.1 Å². The zero-order valence-corrected chi connectivity index (χ0v) is 19.8. The quantitative estimate of drug-likeness (QED) is 0.393. The normalized spacial score (nSPS) is 11.4. The first kappa shape index (κ1) is 23.8. The molecule has 1 aromatic carbocycles. The van der Waals surface area contributed by atoms with Gasteiger partial charge in [0, 0.05) is 36.9 Å². The third-order valence-electron chi connectivity index (χ3n) is 5.29. The number of terminal acetylenes is 1. The summed E-state index contributed by atoms with van der Waals surface area (Å²) in [5.74, 6) is 2.50. The number of aliphatic hydroxyl groups excluding tert-OH is 1. The Morgan fingerprint density at radius 3 is 2.46 bits per heavy atom. The van der Waals surface area contributed by atoms with Crippen molar-refractivity contribution in [2.24, 2.45) is 14.1 Å². The number of halogens is 1. The molecule has 35 heavy (non-hydrogen) atoms. The van der Waals surface area contributed by atoms with Gasteiger partial charge in [-0.2, -0.15) is 0 Å². The molecule has 4 aromatic heterocycles. The zero-order valence-electron chi connectivity index (χ0n) is 19.0. The Morgan fingerprint density at radius 2 is 1.83 bits per heavy atom. The van der Waals surface area contributed by atoms with Crippen LogP contribution in [0, 0.1) is 12.3 Å². The smallest absolute Gasteiger partial charge is 0.251 e. The van der Waals surface area contributed by atoms with Crippen LogP contribution < -0.4 is 5.56 Å². The molecule has 0 saturated heterocycles. The fraction of sp³-hybridized carbons (Fsp3) is 0.115. The SMILES string of the molecule is C#Cc1cccc(-c2cc(=O)n(C)c3ccc(C(O)c4ccc(Cl)cc4)nc23)n1.Cn1ccnn1. The van der Waals surface area contributed by atoms with Crippen LogP contribution in [-0.2, 0) is 14.1 Å². The molecular weight excluding hydrogens is 464 g/mol. The lowest BCUT2D eigenvalue weighted by Gasteiger charge is -2.14. The highest BCUT2D eigenvalue weighted by atomic mass is 35.5. The van der Waals surface area contributed by atoms with E-state index < -0.39 is 6.10 Å². The van der Waals surface area contributed by atoms with Crippen LogP contribution in [0.15, 0.2) is 77.9 Å². The van der Waals surface area contributed by atoms with E-state index in [2.05, 4.69) is 26.2 Å². The second-order valence-electron chi connectivity index (χ2n) is 7.64. The van der Waals surface area contributed by atoms with Crippen LogP contribution in [0.5, 0.6) is 0 Å². The van der Waals surface area contributed by atoms with E-state index in [0.29, 0.717) is 44.3 Å². The van der Waals surface area contributed by atoms with Gasteiger partial charge in [-0.25, -0.2) is 9.97 Å². The van der Waals surface area contributed by atoms with Crippen LogP contribution in [0.3, 0.4) is 0 Å². The van der Waals surface area contributed by atoms with E-state index in [-0.39, 0.29) is 5.56 Å².